The summed E-state index contributed by atoms with van der Waals surface area (Å²) in [6.45, 7) is 3.40. The van der Waals surface area contributed by atoms with Crippen LogP contribution in [-0.2, 0) is 19.4 Å². The Bertz CT molecular complexity index is 795. The molecule has 4 rings (SSSR count). The van der Waals surface area contributed by atoms with Crippen molar-refractivity contribution < 1.29 is 0 Å². The molecule has 0 unspecified atom stereocenters. The summed E-state index contributed by atoms with van der Waals surface area (Å²) < 4.78 is 1.75. The van der Waals surface area contributed by atoms with E-state index in [1.165, 1.54) is 36.1 Å². The third-order valence-corrected chi connectivity index (χ3v) is 4.56. The number of hydrogen-bond donors (Lipinski definition) is 0. The lowest BCUT2D eigenvalue weighted by atomic mass is 10.0. The molecule has 2 aromatic heterocycles. The number of hydrogen-bond acceptors (Lipinski definition) is 4. The second-order valence-corrected chi connectivity index (χ2v) is 6.22. The predicted molar refractivity (Wildman–Crippen MR) is 89.1 cm³/mol. The van der Waals surface area contributed by atoms with E-state index in [0.29, 0.717) is 5.78 Å². The highest BCUT2D eigenvalue weighted by Crippen LogP contribution is 2.18. The Labute approximate surface area is 136 Å². The minimum absolute atomic E-state index is 0.665. The number of aryl methyl sites for hydroxylation is 2. The molecule has 0 amide bonds. The van der Waals surface area contributed by atoms with Gasteiger partial charge in [0.2, 0.25) is 0 Å². The highest BCUT2D eigenvalue weighted by molar-refractivity contribution is 5.28. The standard InChI is InChI=1S/C18H21N5/c1-2-7-17-13-22(10-4-8-16(17)6-1)9-3-5-15-11-19-18-20-14-21-23(18)12-15/h1-2,6-7,11-12,14H,3-5,8-10,13H2. The molecule has 0 saturated heterocycles. The summed E-state index contributed by atoms with van der Waals surface area (Å²) >= 11 is 0. The molecule has 0 radical (unpaired) electrons. The van der Waals surface area contributed by atoms with Gasteiger partial charge in [-0.2, -0.15) is 10.1 Å². The van der Waals surface area contributed by atoms with Crippen molar-refractivity contribution in [3.63, 3.8) is 0 Å². The van der Waals surface area contributed by atoms with Gasteiger partial charge in [0.05, 0.1) is 0 Å². The molecule has 5 nitrogen and oxygen atoms in total. The summed E-state index contributed by atoms with van der Waals surface area (Å²) in [4.78, 5) is 11.0. The van der Waals surface area contributed by atoms with Gasteiger partial charge in [0, 0.05) is 18.9 Å². The number of aromatic nitrogens is 4. The van der Waals surface area contributed by atoms with Crippen LogP contribution in [0.5, 0.6) is 0 Å². The quantitative estimate of drug-likeness (QED) is 0.743. The first kappa shape index (κ1) is 14.3. The van der Waals surface area contributed by atoms with E-state index in [-0.39, 0.29) is 0 Å². The Morgan fingerprint density at radius 1 is 1.09 bits per heavy atom. The molecule has 1 aliphatic heterocycles. The normalized spacial score (nSPS) is 15.5. The zero-order valence-corrected chi connectivity index (χ0v) is 13.2. The molecule has 0 N–H and O–H groups in total. The molecular formula is C18H21N5. The maximum atomic E-state index is 4.33. The SMILES string of the molecule is c1ccc2c(c1)CCCN(CCCc1cnc3ncnn3c1)C2. The van der Waals surface area contributed by atoms with Crippen LogP contribution in [0.3, 0.4) is 0 Å². The molecule has 0 aliphatic carbocycles. The fourth-order valence-electron chi connectivity index (χ4n) is 3.35. The first-order valence-electron chi connectivity index (χ1n) is 8.32. The van der Waals surface area contributed by atoms with Crippen molar-refractivity contribution in [1.29, 1.82) is 0 Å². The van der Waals surface area contributed by atoms with Gasteiger partial charge < -0.3 is 0 Å². The monoisotopic (exact) mass is 307 g/mol. The van der Waals surface area contributed by atoms with Gasteiger partial charge in [-0.1, -0.05) is 24.3 Å². The van der Waals surface area contributed by atoms with Gasteiger partial charge in [-0.15, -0.1) is 0 Å². The van der Waals surface area contributed by atoms with Crippen molar-refractivity contribution in [3.05, 3.63) is 59.7 Å². The van der Waals surface area contributed by atoms with E-state index in [9.17, 15) is 0 Å². The highest BCUT2D eigenvalue weighted by Gasteiger charge is 2.13. The molecule has 3 heterocycles. The predicted octanol–water partition coefficient (Wildman–Crippen LogP) is 2.51. The van der Waals surface area contributed by atoms with E-state index >= 15 is 0 Å². The lowest BCUT2D eigenvalue weighted by molar-refractivity contribution is 0.266. The lowest BCUT2D eigenvalue weighted by Crippen LogP contribution is -2.24. The molecular weight excluding hydrogens is 286 g/mol. The van der Waals surface area contributed by atoms with Crippen molar-refractivity contribution in [3.8, 4) is 0 Å². The van der Waals surface area contributed by atoms with Crippen molar-refractivity contribution in [1.82, 2.24) is 24.5 Å². The molecule has 0 atom stereocenters. The number of nitrogens with zero attached hydrogens (tertiary/aromatic N) is 5. The Balaban J connectivity index is 1.35. The second-order valence-electron chi connectivity index (χ2n) is 6.22. The van der Waals surface area contributed by atoms with Crippen LogP contribution in [0, 0.1) is 0 Å². The van der Waals surface area contributed by atoms with Crippen LogP contribution < -0.4 is 0 Å². The fraction of sp³-hybridized carbons (Fsp3) is 0.389. The van der Waals surface area contributed by atoms with Gasteiger partial charge >= 0.3 is 0 Å². The summed E-state index contributed by atoms with van der Waals surface area (Å²) in [5, 5.41) is 4.15. The first-order chi connectivity index (χ1) is 11.4. The average Bonchev–Trinajstić information content (AvgIpc) is 2.94. The number of benzene rings is 1. The first-order valence-corrected chi connectivity index (χ1v) is 8.32. The molecule has 23 heavy (non-hydrogen) atoms. The molecule has 118 valence electrons. The molecule has 3 aromatic rings. The van der Waals surface area contributed by atoms with Crippen LogP contribution in [0.25, 0.3) is 5.78 Å². The van der Waals surface area contributed by atoms with E-state index in [1.807, 2.05) is 12.4 Å². The van der Waals surface area contributed by atoms with E-state index in [4.69, 9.17) is 0 Å². The van der Waals surface area contributed by atoms with E-state index in [2.05, 4.69) is 44.2 Å². The zero-order valence-electron chi connectivity index (χ0n) is 13.2. The number of rotatable bonds is 4. The second kappa shape index (κ2) is 6.46. The molecule has 0 fully saturated rings. The van der Waals surface area contributed by atoms with Gasteiger partial charge in [-0.05, 0) is 55.5 Å². The van der Waals surface area contributed by atoms with Crippen molar-refractivity contribution in [2.45, 2.75) is 32.2 Å². The summed E-state index contributed by atoms with van der Waals surface area (Å²) in [6.07, 6.45) is 10.1. The largest absolute Gasteiger partial charge is 0.299 e. The van der Waals surface area contributed by atoms with Crippen LogP contribution in [-0.4, -0.2) is 37.6 Å². The Morgan fingerprint density at radius 3 is 2.96 bits per heavy atom. The Hall–Kier alpha value is -2.27. The van der Waals surface area contributed by atoms with Gasteiger partial charge in [0.15, 0.2) is 0 Å². The Morgan fingerprint density at radius 2 is 2.00 bits per heavy atom. The minimum atomic E-state index is 0.665. The van der Waals surface area contributed by atoms with E-state index in [0.717, 1.165) is 25.9 Å². The highest BCUT2D eigenvalue weighted by atomic mass is 15.3. The lowest BCUT2D eigenvalue weighted by Gasteiger charge is -2.20. The minimum Gasteiger partial charge on any atom is -0.299 e. The average molecular weight is 307 g/mol. The van der Waals surface area contributed by atoms with Crippen molar-refractivity contribution >= 4 is 5.78 Å². The summed E-state index contributed by atoms with van der Waals surface area (Å²) in [5.74, 6) is 0.665. The van der Waals surface area contributed by atoms with Crippen molar-refractivity contribution in [2.75, 3.05) is 13.1 Å². The van der Waals surface area contributed by atoms with Crippen LogP contribution >= 0.6 is 0 Å². The van der Waals surface area contributed by atoms with Crippen LogP contribution in [0.15, 0.2) is 43.0 Å². The third kappa shape index (κ3) is 3.24. The smallest absolute Gasteiger partial charge is 0.252 e. The summed E-state index contributed by atoms with van der Waals surface area (Å²) in [6, 6.07) is 8.86. The van der Waals surface area contributed by atoms with Gasteiger partial charge in [-0.3, -0.25) is 4.90 Å². The van der Waals surface area contributed by atoms with Gasteiger partial charge in [0.25, 0.3) is 5.78 Å². The van der Waals surface area contributed by atoms with Crippen molar-refractivity contribution in [2.24, 2.45) is 0 Å². The van der Waals surface area contributed by atoms with E-state index in [1.54, 1.807) is 10.8 Å². The number of fused-ring (bicyclic) bond motifs is 2. The van der Waals surface area contributed by atoms with Crippen LogP contribution in [0.4, 0.5) is 0 Å². The van der Waals surface area contributed by atoms with E-state index < -0.39 is 0 Å². The zero-order chi connectivity index (χ0) is 15.5. The van der Waals surface area contributed by atoms with Gasteiger partial charge in [-0.25, -0.2) is 9.50 Å². The third-order valence-electron chi connectivity index (χ3n) is 4.56. The Kier molecular flexibility index (Phi) is 4.03. The maximum Gasteiger partial charge on any atom is 0.252 e. The molecule has 5 heteroatoms. The van der Waals surface area contributed by atoms with Crippen LogP contribution in [0.2, 0.25) is 0 Å². The molecule has 1 aliphatic rings. The molecule has 0 saturated carbocycles. The topological polar surface area (TPSA) is 46.3 Å². The molecule has 0 spiro atoms. The maximum absolute atomic E-state index is 4.33. The fourth-order valence-corrected chi connectivity index (χ4v) is 3.35. The molecule has 1 aromatic carbocycles. The summed E-state index contributed by atoms with van der Waals surface area (Å²) in [7, 11) is 0. The van der Waals surface area contributed by atoms with Gasteiger partial charge in [0.1, 0.15) is 6.33 Å². The van der Waals surface area contributed by atoms with Crippen LogP contribution in [0.1, 0.15) is 29.5 Å². The summed E-state index contributed by atoms with van der Waals surface area (Å²) in [5.41, 5.74) is 4.24. The molecule has 0 bridgehead atoms.